The SMILES string of the molecule is COC(=O)[C@H](Cc1ccccc1)NC(=O)CC(C)(C)N=CN(C)C. The van der Waals surface area contributed by atoms with Crippen molar-refractivity contribution in [2.45, 2.75) is 38.3 Å². The lowest BCUT2D eigenvalue weighted by Gasteiger charge is -2.22. The molecule has 0 aliphatic heterocycles. The molecule has 0 spiro atoms. The number of benzene rings is 1. The number of esters is 1. The fraction of sp³-hybridized carbons (Fsp3) is 0.500. The maximum atomic E-state index is 12.3. The van der Waals surface area contributed by atoms with Gasteiger partial charge in [0, 0.05) is 20.5 Å². The lowest BCUT2D eigenvalue weighted by molar-refractivity contribution is -0.145. The van der Waals surface area contributed by atoms with E-state index in [9.17, 15) is 9.59 Å². The minimum Gasteiger partial charge on any atom is -0.467 e. The molecule has 0 aliphatic carbocycles. The van der Waals surface area contributed by atoms with Gasteiger partial charge in [0.15, 0.2) is 0 Å². The lowest BCUT2D eigenvalue weighted by Crippen LogP contribution is -2.44. The first-order valence-corrected chi connectivity index (χ1v) is 7.86. The third-order valence-electron chi connectivity index (χ3n) is 3.33. The number of methoxy groups -OCH3 is 1. The number of nitrogens with one attached hydrogen (secondary N) is 1. The summed E-state index contributed by atoms with van der Waals surface area (Å²) in [4.78, 5) is 30.5. The van der Waals surface area contributed by atoms with E-state index < -0.39 is 17.6 Å². The molecule has 0 radical (unpaired) electrons. The van der Waals surface area contributed by atoms with Crippen molar-refractivity contribution in [2.24, 2.45) is 4.99 Å². The number of rotatable bonds is 8. The molecule has 0 saturated heterocycles. The van der Waals surface area contributed by atoms with Crippen LogP contribution in [0.5, 0.6) is 0 Å². The molecule has 0 heterocycles. The Labute approximate surface area is 143 Å². The Kier molecular flexibility index (Phi) is 7.42. The van der Waals surface area contributed by atoms with Crippen molar-refractivity contribution in [1.29, 1.82) is 0 Å². The smallest absolute Gasteiger partial charge is 0.328 e. The van der Waals surface area contributed by atoms with Crippen LogP contribution in [0.1, 0.15) is 25.8 Å². The Morgan fingerprint density at radius 2 is 1.92 bits per heavy atom. The highest BCUT2D eigenvalue weighted by Crippen LogP contribution is 2.14. The molecule has 1 rings (SSSR count). The third-order valence-corrected chi connectivity index (χ3v) is 3.33. The summed E-state index contributed by atoms with van der Waals surface area (Å²) in [5.74, 6) is -0.691. The zero-order valence-electron chi connectivity index (χ0n) is 15.1. The van der Waals surface area contributed by atoms with Gasteiger partial charge in [0.2, 0.25) is 5.91 Å². The lowest BCUT2D eigenvalue weighted by atomic mass is 10.00. The van der Waals surface area contributed by atoms with E-state index in [1.165, 1.54) is 7.11 Å². The van der Waals surface area contributed by atoms with E-state index in [0.717, 1.165) is 5.56 Å². The summed E-state index contributed by atoms with van der Waals surface area (Å²) < 4.78 is 4.80. The summed E-state index contributed by atoms with van der Waals surface area (Å²) in [6.45, 7) is 3.74. The molecule has 1 aromatic rings. The molecule has 0 aliphatic rings. The van der Waals surface area contributed by atoms with Crippen LogP contribution in [0, 0.1) is 0 Å². The van der Waals surface area contributed by atoms with E-state index in [1.807, 2.05) is 63.2 Å². The van der Waals surface area contributed by atoms with Crippen molar-refractivity contribution in [1.82, 2.24) is 10.2 Å². The monoisotopic (exact) mass is 333 g/mol. The average Bonchev–Trinajstić information content (AvgIpc) is 2.52. The van der Waals surface area contributed by atoms with Gasteiger partial charge in [0.25, 0.3) is 0 Å². The van der Waals surface area contributed by atoms with Crippen molar-refractivity contribution >= 4 is 18.2 Å². The Hall–Kier alpha value is -2.37. The van der Waals surface area contributed by atoms with Gasteiger partial charge in [-0.3, -0.25) is 9.79 Å². The number of nitrogens with zero attached hydrogens (tertiary/aromatic N) is 2. The molecule has 6 heteroatoms. The maximum Gasteiger partial charge on any atom is 0.328 e. The summed E-state index contributed by atoms with van der Waals surface area (Å²) in [6.07, 6.45) is 2.25. The largest absolute Gasteiger partial charge is 0.467 e. The van der Waals surface area contributed by atoms with Gasteiger partial charge in [0.05, 0.1) is 25.4 Å². The fourth-order valence-electron chi connectivity index (χ4n) is 2.14. The van der Waals surface area contributed by atoms with Gasteiger partial charge in [-0.05, 0) is 19.4 Å². The number of hydrogen-bond acceptors (Lipinski definition) is 4. The summed E-state index contributed by atoms with van der Waals surface area (Å²) in [5, 5.41) is 2.76. The van der Waals surface area contributed by atoms with Crippen LogP contribution in [0.4, 0.5) is 0 Å². The standard InChI is InChI=1S/C18H27N3O3/c1-18(2,19-13-21(3)4)12-16(22)20-15(17(23)24-5)11-14-9-7-6-8-10-14/h6-10,13,15H,11-12H2,1-5H3,(H,20,22)/t15-/m0/s1. The maximum absolute atomic E-state index is 12.3. The number of aliphatic imine (C=N–C) groups is 1. The first kappa shape index (κ1) is 19.7. The highest BCUT2D eigenvalue weighted by atomic mass is 16.5. The number of hydrogen-bond donors (Lipinski definition) is 1. The highest BCUT2D eigenvalue weighted by Gasteiger charge is 2.26. The van der Waals surface area contributed by atoms with Gasteiger partial charge in [-0.25, -0.2) is 4.79 Å². The van der Waals surface area contributed by atoms with Crippen LogP contribution in [0.15, 0.2) is 35.3 Å². The van der Waals surface area contributed by atoms with Crippen molar-refractivity contribution in [2.75, 3.05) is 21.2 Å². The van der Waals surface area contributed by atoms with Crippen LogP contribution in [0.25, 0.3) is 0 Å². The molecule has 1 aromatic carbocycles. The summed E-state index contributed by atoms with van der Waals surface area (Å²) in [6, 6.07) is 8.80. The predicted molar refractivity (Wildman–Crippen MR) is 95.0 cm³/mol. The molecule has 1 amide bonds. The van der Waals surface area contributed by atoms with Gasteiger partial charge < -0.3 is 15.0 Å². The first-order chi connectivity index (χ1) is 11.2. The zero-order chi connectivity index (χ0) is 18.2. The molecular formula is C18H27N3O3. The molecule has 1 atom stereocenters. The molecule has 0 aromatic heterocycles. The molecule has 0 fully saturated rings. The van der Waals surface area contributed by atoms with Crippen LogP contribution in [-0.4, -0.2) is 55.9 Å². The first-order valence-electron chi connectivity index (χ1n) is 7.86. The summed E-state index contributed by atoms with van der Waals surface area (Å²) >= 11 is 0. The molecule has 0 bridgehead atoms. The molecule has 0 unspecified atom stereocenters. The second-order valence-corrected chi connectivity index (χ2v) is 6.53. The molecule has 24 heavy (non-hydrogen) atoms. The second kappa shape index (κ2) is 9.05. The van der Waals surface area contributed by atoms with Gasteiger partial charge >= 0.3 is 5.97 Å². The van der Waals surface area contributed by atoms with E-state index in [-0.39, 0.29) is 12.3 Å². The Morgan fingerprint density at radius 1 is 1.29 bits per heavy atom. The van der Waals surface area contributed by atoms with Gasteiger partial charge in [-0.2, -0.15) is 0 Å². The predicted octanol–water partition coefficient (Wildman–Crippen LogP) is 1.65. The molecule has 132 valence electrons. The van der Waals surface area contributed by atoms with Gasteiger partial charge in [0.1, 0.15) is 6.04 Å². The van der Waals surface area contributed by atoms with Crippen LogP contribution in [-0.2, 0) is 20.7 Å². The summed E-state index contributed by atoms with van der Waals surface area (Å²) in [5.41, 5.74) is 0.403. The quantitative estimate of drug-likeness (QED) is 0.446. The van der Waals surface area contributed by atoms with Crippen molar-refractivity contribution in [3.05, 3.63) is 35.9 Å². The van der Waals surface area contributed by atoms with Crippen molar-refractivity contribution in [3.8, 4) is 0 Å². The van der Waals surface area contributed by atoms with Crippen LogP contribution in [0.3, 0.4) is 0 Å². The summed E-state index contributed by atoms with van der Waals surface area (Å²) in [7, 11) is 5.05. The van der Waals surface area contributed by atoms with E-state index in [0.29, 0.717) is 6.42 Å². The molecule has 0 saturated carbocycles. The third kappa shape index (κ3) is 7.26. The normalized spacial score (nSPS) is 12.7. The number of amides is 1. The highest BCUT2D eigenvalue weighted by molar-refractivity contribution is 5.85. The Morgan fingerprint density at radius 3 is 2.46 bits per heavy atom. The molecule has 6 nitrogen and oxygen atoms in total. The van der Waals surface area contributed by atoms with Gasteiger partial charge in [-0.15, -0.1) is 0 Å². The Balaban J connectivity index is 2.72. The number of carbonyl (C=O) groups is 2. The molecular weight excluding hydrogens is 306 g/mol. The van der Waals surface area contributed by atoms with E-state index in [2.05, 4.69) is 10.3 Å². The van der Waals surface area contributed by atoms with E-state index >= 15 is 0 Å². The number of carbonyl (C=O) groups excluding carboxylic acids is 2. The van der Waals surface area contributed by atoms with Crippen LogP contribution in [0.2, 0.25) is 0 Å². The van der Waals surface area contributed by atoms with Crippen LogP contribution < -0.4 is 5.32 Å². The van der Waals surface area contributed by atoms with Crippen molar-refractivity contribution in [3.63, 3.8) is 0 Å². The fourth-order valence-corrected chi connectivity index (χ4v) is 2.14. The second-order valence-electron chi connectivity index (χ2n) is 6.53. The van der Waals surface area contributed by atoms with Crippen molar-refractivity contribution < 1.29 is 14.3 Å². The minimum atomic E-state index is -0.710. The topological polar surface area (TPSA) is 71.0 Å². The zero-order valence-corrected chi connectivity index (χ0v) is 15.1. The average molecular weight is 333 g/mol. The minimum absolute atomic E-state index is 0.180. The number of ether oxygens (including phenoxy) is 1. The molecule has 1 N–H and O–H groups in total. The van der Waals surface area contributed by atoms with E-state index in [4.69, 9.17) is 4.74 Å². The van der Waals surface area contributed by atoms with E-state index in [1.54, 1.807) is 6.34 Å². The van der Waals surface area contributed by atoms with Gasteiger partial charge in [-0.1, -0.05) is 30.3 Å². The van der Waals surface area contributed by atoms with Crippen LogP contribution >= 0.6 is 0 Å². The Bertz CT molecular complexity index is 568.